The summed E-state index contributed by atoms with van der Waals surface area (Å²) in [6.45, 7) is 0. The van der Waals surface area contributed by atoms with Crippen molar-refractivity contribution in [3.05, 3.63) is 87.3 Å². The first-order valence-electron chi connectivity index (χ1n) is 9.48. The number of carbonyl (C=O) groups is 2. The number of fused-ring (bicyclic) bond motifs is 1. The minimum atomic E-state index is -0.616. The maximum Gasteiger partial charge on any atom is 0.261 e. The van der Waals surface area contributed by atoms with Gasteiger partial charge in [-0.15, -0.1) is 0 Å². The van der Waals surface area contributed by atoms with E-state index in [2.05, 4.69) is 10.3 Å². The van der Waals surface area contributed by atoms with Crippen molar-refractivity contribution in [1.29, 1.82) is 0 Å². The number of Topliss-reactive ketones (excluding diaryl/α,β-unsaturated/α-hetero) is 1. The molecule has 2 aromatic carbocycles. The number of hydrogen-bond acceptors (Lipinski definition) is 5. The first-order chi connectivity index (χ1) is 14.4. The molecule has 0 spiro atoms. The van der Waals surface area contributed by atoms with Crippen LogP contribution in [-0.4, -0.2) is 28.9 Å². The molecule has 3 N–H and O–H groups in total. The predicted octanol–water partition coefficient (Wildman–Crippen LogP) is 3.25. The molecular formula is C23H20N2O5. The summed E-state index contributed by atoms with van der Waals surface area (Å²) in [5.74, 6) is 0.0145. The molecule has 3 aromatic rings. The number of nitrogens with one attached hydrogen (secondary N) is 2. The second-order valence-corrected chi connectivity index (χ2v) is 7.21. The number of amides is 1. The van der Waals surface area contributed by atoms with Gasteiger partial charge in [0.15, 0.2) is 5.78 Å². The Morgan fingerprint density at radius 1 is 1.07 bits per heavy atom. The third-order valence-electron chi connectivity index (χ3n) is 5.26. The number of methoxy groups -OCH3 is 1. The summed E-state index contributed by atoms with van der Waals surface area (Å²) in [7, 11) is 1.59. The molecule has 0 radical (unpaired) electrons. The molecule has 0 unspecified atom stereocenters. The van der Waals surface area contributed by atoms with E-state index in [0.717, 1.165) is 11.3 Å². The quantitative estimate of drug-likeness (QED) is 0.579. The standard InChI is InChI=1S/C23H20N2O5/c1-30-17-8-2-13(3-9-17)14-10-20-18(21(27)11-14)12-19(23(29)25-20)22(28)24-15-4-6-16(26)7-5-15/h2-9,12,14,26H,10-11H2,1H3,(H,24,28)(H,25,29)/t14-/m1/s1. The number of phenols is 1. The lowest BCUT2D eigenvalue weighted by atomic mass is 9.81. The van der Waals surface area contributed by atoms with Crippen molar-refractivity contribution < 1.29 is 19.4 Å². The first kappa shape index (κ1) is 19.4. The van der Waals surface area contributed by atoms with Crippen LogP contribution in [0, 0.1) is 0 Å². The van der Waals surface area contributed by atoms with E-state index in [-0.39, 0.29) is 23.0 Å². The van der Waals surface area contributed by atoms with E-state index < -0.39 is 11.5 Å². The lowest BCUT2D eigenvalue weighted by molar-refractivity contribution is 0.0963. The SMILES string of the molecule is COc1ccc([C@H]2CC(=O)c3cc(C(=O)Nc4ccc(O)cc4)c(=O)[nH]c3C2)cc1. The summed E-state index contributed by atoms with van der Waals surface area (Å²) in [4.78, 5) is 40.6. The van der Waals surface area contributed by atoms with Crippen molar-refractivity contribution in [2.45, 2.75) is 18.8 Å². The Morgan fingerprint density at radius 3 is 2.43 bits per heavy atom. The molecular weight excluding hydrogens is 384 g/mol. The molecule has 1 aromatic heterocycles. The lowest BCUT2D eigenvalue weighted by Crippen LogP contribution is -2.29. The number of H-pyrrole nitrogens is 1. The molecule has 152 valence electrons. The number of aromatic nitrogens is 1. The Bertz CT molecular complexity index is 1160. The van der Waals surface area contributed by atoms with Gasteiger partial charge in [-0.2, -0.15) is 0 Å². The van der Waals surface area contributed by atoms with Crippen LogP contribution in [0.15, 0.2) is 59.4 Å². The molecule has 7 heteroatoms. The minimum Gasteiger partial charge on any atom is -0.508 e. The van der Waals surface area contributed by atoms with E-state index in [1.54, 1.807) is 7.11 Å². The summed E-state index contributed by atoms with van der Waals surface area (Å²) < 4.78 is 5.17. The number of ether oxygens (including phenoxy) is 1. The predicted molar refractivity (Wildman–Crippen MR) is 112 cm³/mol. The van der Waals surface area contributed by atoms with Crippen LogP contribution in [0.5, 0.6) is 11.5 Å². The topological polar surface area (TPSA) is 108 Å². The Kier molecular flexibility index (Phi) is 5.10. The van der Waals surface area contributed by atoms with Gasteiger partial charge in [0.2, 0.25) is 0 Å². The molecule has 1 heterocycles. The molecule has 1 aliphatic carbocycles. The van der Waals surface area contributed by atoms with Crippen LogP contribution in [0.3, 0.4) is 0 Å². The zero-order valence-corrected chi connectivity index (χ0v) is 16.3. The highest BCUT2D eigenvalue weighted by atomic mass is 16.5. The largest absolute Gasteiger partial charge is 0.508 e. The summed E-state index contributed by atoms with van der Waals surface area (Å²) in [6.07, 6.45) is 0.799. The van der Waals surface area contributed by atoms with Gasteiger partial charge in [-0.1, -0.05) is 12.1 Å². The fourth-order valence-electron chi connectivity index (χ4n) is 3.65. The van der Waals surface area contributed by atoms with Gasteiger partial charge in [-0.25, -0.2) is 0 Å². The number of phenolic OH excluding ortho intramolecular Hbond substituents is 1. The monoisotopic (exact) mass is 404 g/mol. The molecule has 0 bridgehead atoms. The van der Waals surface area contributed by atoms with Crippen LogP contribution in [0.4, 0.5) is 5.69 Å². The smallest absolute Gasteiger partial charge is 0.261 e. The Hall–Kier alpha value is -3.87. The fourth-order valence-corrected chi connectivity index (χ4v) is 3.65. The highest BCUT2D eigenvalue weighted by Crippen LogP contribution is 2.32. The number of carbonyl (C=O) groups excluding carboxylic acids is 2. The second kappa shape index (κ2) is 7.87. The number of rotatable bonds is 4. The van der Waals surface area contributed by atoms with Crippen LogP contribution in [0.1, 0.15) is 44.3 Å². The van der Waals surface area contributed by atoms with Gasteiger partial charge in [0.05, 0.1) is 7.11 Å². The maximum absolute atomic E-state index is 12.8. The fraction of sp³-hybridized carbons (Fsp3) is 0.174. The van der Waals surface area contributed by atoms with Crippen LogP contribution < -0.4 is 15.6 Å². The Morgan fingerprint density at radius 2 is 1.77 bits per heavy atom. The van der Waals surface area contributed by atoms with E-state index in [1.165, 1.54) is 30.3 Å². The molecule has 0 aliphatic heterocycles. The van der Waals surface area contributed by atoms with Crippen molar-refractivity contribution in [2.24, 2.45) is 0 Å². The van der Waals surface area contributed by atoms with Crippen molar-refractivity contribution in [3.63, 3.8) is 0 Å². The van der Waals surface area contributed by atoms with E-state index in [1.807, 2.05) is 24.3 Å². The van der Waals surface area contributed by atoms with E-state index in [0.29, 0.717) is 29.8 Å². The highest BCUT2D eigenvalue weighted by Gasteiger charge is 2.29. The summed E-state index contributed by atoms with van der Waals surface area (Å²) >= 11 is 0. The molecule has 0 saturated carbocycles. The van der Waals surface area contributed by atoms with Gasteiger partial charge in [0.1, 0.15) is 17.1 Å². The molecule has 7 nitrogen and oxygen atoms in total. The molecule has 1 amide bonds. The number of pyridine rings is 1. The van der Waals surface area contributed by atoms with Crippen molar-refractivity contribution in [1.82, 2.24) is 4.98 Å². The van der Waals surface area contributed by atoms with Crippen molar-refractivity contribution in [2.75, 3.05) is 12.4 Å². The third kappa shape index (κ3) is 3.82. The number of ketones is 1. The lowest BCUT2D eigenvalue weighted by Gasteiger charge is -2.24. The van der Waals surface area contributed by atoms with Gasteiger partial charge in [0, 0.05) is 23.4 Å². The molecule has 30 heavy (non-hydrogen) atoms. The van der Waals surface area contributed by atoms with Gasteiger partial charge < -0.3 is 20.1 Å². The number of hydrogen-bond donors (Lipinski definition) is 3. The van der Waals surface area contributed by atoms with Gasteiger partial charge >= 0.3 is 0 Å². The number of aromatic amines is 1. The number of aromatic hydroxyl groups is 1. The average molecular weight is 404 g/mol. The normalized spacial score (nSPS) is 15.4. The minimum absolute atomic E-state index is 0.0526. The highest BCUT2D eigenvalue weighted by molar-refractivity contribution is 6.06. The van der Waals surface area contributed by atoms with Crippen LogP contribution >= 0.6 is 0 Å². The van der Waals surface area contributed by atoms with E-state index >= 15 is 0 Å². The van der Waals surface area contributed by atoms with Crippen molar-refractivity contribution in [3.8, 4) is 11.5 Å². The van der Waals surface area contributed by atoms with Gasteiger partial charge in [0.25, 0.3) is 11.5 Å². The van der Waals surface area contributed by atoms with Gasteiger partial charge in [-0.3, -0.25) is 14.4 Å². The average Bonchev–Trinajstić information content (AvgIpc) is 2.74. The maximum atomic E-state index is 12.8. The Balaban J connectivity index is 1.59. The molecule has 1 aliphatic rings. The molecule has 4 rings (SSSR count). The first-order valence-corrected chi connectivity index (χ1v) is 9.48. The van der Waals surface area contributed by atoms with Gasteiger partial charge in [-0.05, 0) is 60.4 Å². The zero-order chi connectivity index (χ0) is 21.3. The summed E-state index contributed by atoms with van der Waals surface area (Å²) in [5.41, 5.74) is 1.66. The second-order valence-electron chi connectivity index (χ2n) is 7.21. The van der Waals surface area contributed by atoms with E-state index in [9.17, 15) is 19.5 Å². The number of anilines is 1. The molecule has 1 atom stereocenters. The molecule has 0 saturated heterocycles. The summed E-state index contributed by atoms with van der Waals surface area (Å²) in [6, 6.07) is 14.8. The zero-order valence-electron chi connectivity index (χ0n) is 16.3. The summed E-state index contributed by atoms with van der Waals surface area (Å²) in [5, 5.41) is 11.9. The van der Waals surface area contributed by atoms with Crippen LogP contribution in [0.25, 0.3) is 0 Å². The van der Waals surface area contributed by atoms with Crippen LogP contribution in [-0.2, 0) is 6.42 Å². The van der Waals surface area contributed by atoms with Crippen LogP contribution in [0.2, 0.25) is 0 Å². The number of benzene rings is 2. The third-order valence-corrected chi connectivity index (χ3v) is 5.26. The van der Waals surface area contributed by atoms with E-state index in [4.69, 9.17) is 4.74 Å². The molecule has 0 fully saturated rings. The van der Waals surface area contributed by atoms with Crippen molar-refractivity contribution >= 4 is 17.4 Å². The Labute approximate surface area is 172 Å².